The van der Waals surface area contributed by atoms with Crippen LogP contribution in [0.15, 0.2) is 0 Å². The van der Waals surface area contributed by atoms with E-state index in [-0.39, 0.29) is 0 Å². The van der Waals surface area contributed by atoms with Gasteiger partial charge in [-0.3, -0.25) is 5.73 Å². The molecule has 0 spiro atoms. The number of hydrogen-bond acceptors (Lipinski definition) is 4. The van der Waals surface area contributed by atoms with Crippen molar-refractivity contribution in [2.45, 2.75) is 6.23 Å². The largest absolute Gasteiger partial charge is 0.466 e. The van der Waals surface area contributed by atoms with Gasteiger partial charge in [-0.1, -0.05) is 0 Å². The molecule has 0 saturated heterocycles. The van der Waals surface area contributed by atoms with Gasteiger partial charge in [0.2, 0.25) is 6.23 Å². The third kappa shape index (κ3) is 2.13. The van der Waals surface area contributed by atoms with Gasteiger partial charge in [0.15, 0.2) is 0 Å². The van der Waals surface area contributed by atoms with E-state index in [9.17, 15) is 4.79 Å². The lowest BCUT2D eigenvalue weighted by Gasteiger charge is -1.97. The molecule has 1 unspecified atom stereocenters. The van der Waals surface area contributed by atoms with Gasteiger partial charge in [0.1, 0.15) is 0 Å². The number of aliphatic hydroxyl groups excluding tert-OH is 1. The molecular formula is C3H7NO3. The summed E-state index contributed by atoms with van der Waals surface area (Å²) in [6, 6.07) is 0. The minimum Gasteiger partial charge on any atom is -0.466 e. The lowest BCUT2D eigenvalue weighted by molar-refractivity contribution is -0.150. The highest BCUT2D eigenvalue weighted by atomic mass is 16.5. The summed E-state index contributed by atoms with van der Waals surface area (Å²) in [6.45, 7) is 0. The molecule has 0 aromatic rings. The number of carbonyl (C=O) groups is 1. The second-order valence-electron chi connectivity index (χ2n) is 0.968. The van der Waals surface area contributed by atoms with Gasteiger partial charge in [0.25, 0.3) is 0 Å². The van der Waals surface area contributed by atoms with E-state index in [4.69, 9.17) is 5.11 Å². The van der Waals surface area contributed by atoms with Gasteiger partial charge in [-0.15, -0.1) is 0 Å². The molecule has 0 aromatic heterocycles. The minimum absolute atomic E-state index is 0.819. The van der Waals surface area contributed by atoms with Crippen molar-refractivity contribution in [2.24, 2.45) is 5.73 Å². The molecule has 0 saturated carbocycles. The van der Waals surface area contributed by atoms with Crippen molar-refractivity contribution in [1.82, 2.24) is 0 Å². The van der Waals surface area contributed by atoms with Crippen LogP contribution in [0.5, 0.6) is 0 Å². The Hall–Kier alpha value is -0.610. The molecule has 0 aromatic carbocycles. The highest BCUT2D eigenvalue weighted by Gasteiger charge is 2.05. The summed E-state index contributed by atoms with van der Waals surface area (Å²) >= 11 is 0. The second-order valence-corrected chi connectivity index (χ2v) is 0.968. The number of methoxy groups -OCH3 is 1. The number of hydrogen-bond donors (Lipinski definition) is 2. The maximum atomic E-state index is 9.91. The maximum absolute atomic E-state index is 9.91. The molecule has 1 atom stereocenters. The summed E-state index contributed by atoms with van der Waals surface area (Å²) < 4.78 is 4.00. The highest BCUT2D eigenvalue weighted by Crippen LogP contribution is 1.72. The molecule has 0 aliphatic carbocycles. The van der Waals surface area contributed by atoms with Crippen molar-refractivity contribution in [3.8, 4) is 0 Å². The van der Waals surface area contributed by atoms with Gasteiger partial charge < -0.3 is 9.84 Å². The fourth-order valence-corrected chi connectivity index (χ4v) is 0.121. The number of esters is 1. The van der Waals surface area contributed by atoms with Crippen molar-refractivity contribution in [2.75, 3.05) is 7.11 Å². The topological polar surface area (TPSA) is 72.5 Å². The first-order valence-corrected chi connectivity index (χ1v) is 1.70. The first kappa shape index (κ1) is 6.39. The van der Waals surface area contributed by atoms with Gasteiger partial charge in [-0.25, -0.2) is 4.79 Å². The Bertz CT molecular complexity index is 70.6. The summed E-state index contributed by atoms with van der Waals surface area (Å²) in [7, 11) is 1.15. The predicted octanol–water partition coefficient (Wildman–Crippen LogP) is -1.56. The first-order chi connectivity index (χ1) is 3.18. The molecule has 0 radical (unpaired) electrons. The van der Waals surface area contributed by atoms with Crippen LogP contribution in [0.4, 0.5) is 0 Å². The SMILES string of the molecule is COC(=O)C(N)O. The van der Waals surface area contributed by atoms with Gasteiger partial charge in [0.05, 0.1) is 7.11 Å². The van der Waals surface area contributed by atoms with Crippen molar-refractivity contribution in [3.05, 3.63) is 0 Å². The van der Waals surface area contributed by atoms with Crippen LogP contribution in [0.1, 0.15) is 0 Å². The molecule has 4 heteroatoms. The Labute approximate surface area is 40.9 Å². The molecular weight excluding hydrogens is 98.0 g/mol. The molecule has 0 fully saturated rings. The van der Waals surface area contributed by atoms with Gasteiger partial charge in [-0.2, -0.15) is 0 Å². The van der Waals surface area contributed by atoms with Gasteiger partial charge >= 0.3 is 5.97 Å². The molecule has 7 heavy (non-hydrogen) atoms. The van der Waals surface area contributed by atoms with Crippen LogP contribution in [0, 0.1) is 0 Å². The summed E-state index contributed by atoms with van der Waals surface area (Å²) in [6.07, 6.45) is -1.50. The molecule has 42 valence electrons. The molecule has 0 amide bonds. The van der Waals surface area contributed by atoms with Crippen LogP contribution < -0.4 is 5.73 Å². The standard InChI is InChI=1S/C3H7NO3/c1-7-3(6)2(4)5/h2,5H,4H2,1H3. The Morgan fingerprint density at radius 2 is 2.43 bits per heavy atom. The second kappa shape index (κ2) is 2.54. The average molecular weight is 105 g/mol. The van der Waals surface area contributed by atoms with Crippen molar-refractivity contribution in [1.29, 1.82) is 0 Å². The number of ether oxygens (including phenoxy) is 1. The van der Waals surface area contributed by atoms with Gasteiger partial charge in [-0.05, 0) is 0 Å². The number of nitrogens with two attached hydrogens (primary N) is 1. The zero-order valence-corrected chi connectivity index (χ0v) is 3.92. The van der Waals surface area contributed by atoms with Crippen LogP contribution >= 0.6 is 0 Å². The minimum atomic E-state index is -1.50. The van der Waals surface area contributed by atoms with E-state index in [2.05, 4.69) is 10.5 Å². The first-order valence-electron chi connectivity index (χ1n) is 1.70. The quantitative estimate of drug-likeness (QED) is 0.312. The van der Waals surface area contributed by atoms with Crippen LogP contribution in [-0.4, -0.2) is 24.4 Å². The van der Waals surface area contributed by atoms with Crippen LogP contribution in [0.3, 0.4) is 0 Å². The predicted molar refractivity (Wildman–Crippen MR) is 22.2 cm³/mol. The Balaban J connectivity index is 3.35. The Morgan fingerprint density at radius 1 is 2.00 bits per heavy atom. The van der Waals surface area contributed by atoms with Crippen LogP contribution in [-0.2, 0) is 9.53 Å². The fraction of sp³-hybridized carbons (Fsp3) is 0.667. The van der Waals surface area contributed by atoms with Crippen molar-refractivity contribution >= 4 is 5.97 Å². The molecule has 0 aliphatic rings. The average Bonchev–Trinajstić information content (AvgIpc) is 1.65. The summed E-state index contributed by atoms with van der Waals surface area (Å²) in [5, 5.41) is 8.12. The third-order valence-corrected chi connectivity index (χ3v) is 0.443. The van der Waals surface area contributed by atoms with Gasteiger partial charge in [0, 0.05) is 0 Å². The summed E-state index contributed by atoms with van der Waals surface area (Å²) in [5.74, 6) is -0.819. The molecule has 4 nitrogen and oxygen atoms in total. The van der Waals surface area contributed by atoms with Crippen LogP contribution in [0.2, 0.25) is 0 Å². The highest BCUT2D eigenvalue weighted by molar-refractivity contribution is 5.73. The molecule has 0 rings (SSSR count). The normalized spacial score (nSPS) is 13.0. The molecule has 3 N–H and O–H groups in total. The van der Waals surface area contributed by atoms with E-state index in [1.165, 1.54) is 0 Å². The number of carbonyl (C=O) groups excluding carboxylic acids is 1. The monoisotopic (exact) mass is 105 g/mol. The Morgan fingerprint density at radius 3 is 2.43 bits per heavy atom. The van der Waals surface area contributed by atoms with E-state index < -0.39 is 12.2 Å². The summed E-state index contributed by atoms with van der Waals surface area (Å²) in [5.41, 5.74) is 4.63. The van der Waals surface area contributed by atoms with Crippen molar-refractivity contribution in [3.63, 3.8) is 0 Å². The van der Waals surface area contributed by atoms with Crippen molar-refractivity contribution < 1.29 is 14.6 Å². The maximum Gasteiger partial charge on any atom is 0.349 e. The number of aliphatic hydroxyl groups is 1. The molecule has 0 bridgehead atoms. The van der Waals surface area contributed by atoms with E-state index in [1.54, 1.807) is 0 Å². The lowest BCUT2D eigenvalue weighted by atomic mass is 10.6. The Kier molecular flexibility index (Phi) is 2.32. The summed E-state index contributed by atoms with van der Waals surface area (Å²) in [4.78, 5) is 9.91. The van der Waals surface area contributed by atoms with E-state index in [1.807, 2.05) is 0 Å². The zero-order chi connectivity index (χ0) is 5.86. The molecule has 0 aliphatic heterocycles. The zero-order valence-electron chi connectivity index (χ0n) is 3.92. The molecule has 0 heterocycles. The lowest BCUT2D eigenvalue weighted by Crippen LogP contribution is -2.30. The third-order valence-electron chi connectivity index (χ3n) is 0.443. The van der Waals surface area contributed by atoms with E-state index >= 15 is 0 Å². The van der Waals surface area contributed by atoms with Crippen LogP contribution in [0.25, 0.3) is 0 Å². The fourth-order valence-electron chi connectivity index (χ4n) is 0.121. The van der Waals surface area contributed by atoms with E-state index in [0.29, 0.717) is 0 Å². The smallest absolute Gasteiger partial charge is 0.349 e. The number of rotatable bonds is 1. The van der Waals surface area contributed by atoms with E-state index in [0.717, 1.165) is 7.11 Å².